The predicted molar refractivity (Wildman–Crippen MR) is 170 cm³/mol. The van der Waals surface area contributed by atoms with Crippen LogP contribution in [0.2, 0.25) is 0 Å². The molecule has 1 aromatic heterocycles. The molecule has 42 heavy (non-hydrogen) atoms. The Morgan fingerprint density at radius 3 is 2.69 bits per heavy atom. The number of anilines is 4. The van der Waals surface area contributed by atoms with Gasteiger partial charge in [0.1, 0.15) is 17.8 Å². The highest BCUT2D eigenvalue weighted by atomic mass is 16.3. The Bertz CT molecular complexity index is 1510. The van der Waals surface area contributed by atoms with Gasteiger partial charge in [0.05, 0.1) is 5.69 Å². The lowest BCUT2D eigenvalue weighted by atomic mass is 9.90. The maximum Gasteiger partial charge on any atom is 0.229 e. The Kier molecular flexibility index (Phi) is 8.41. The third-order valence-corrected chi connectivity index (χ3v) is 9.40. The lowest BCUT2D eigenvalue weighted by molar-refractivity contribution is -0.120. The third kappa shape index (κ3) is 5.86. The molecule has 0 saturated heterocycles. The zero-order valence-corrected chi connectivity index (χ0v) is 25.1. The highest BCUT2D eigenvalue weighted by molar-refractivity contribution is 5.80. The molecule has 2 atom stereocenters. The standard InChI is InChI=1S/C35H43N5O2/c1-4-23-18-24-15-16-25(19-26(41)17-22-10-5-6-11-22)28(24)20-31(23)39-35-38-29-13-8-12-27(29)33(40-35)37-30-14-7-9-21(2)32(30)34(42)36-3/h7-9,12,14,18,20,22,25,34,36,42H,4-6,10-11,13,15-17,19H2,1-3H3,(H2,37,38,39,40). The first-order valence-corrected chi connectivity index (χ1v) is 15.7. The molecule has 7 nitrogen and oxygen atoms in total. The van der Waals surface area contributed by atoms with E-state index >= 15 is 0 Å². The van der Waals surface area contributed by atoms with Crippen LogP contribution in [0.1, 0.15) is 103 Å². The van der Waals surface area contributed by atoms with Crippen molar-refractivity contribution in [3.63, 3.8) is 0 Å². The molecule has 3 aliphatic carbocycles. The van der Waals surface area contributed by atoms with Gasteiger partial charge < -0.3 is 15.7 Å². The summed E-state index contributed by atoms with van der Waals surface area (Å²) in [7, 11) is 1.74. The Balaban J connectivity index is 1.28. The summed E-state index contributed by atoms with van der Waals surface area (Å²) < 4.78 is 0. The summed E-state index contributed by atoms with van der Waals surface area (Å²) in [6, 6.07) is 10.5. The molecule has 0 bridgehead atoms. The number of carbonyl (C=O) groups is 1. The smallest absolute Gasteiger partial charge is 0.229 e. The summed E-state index contributed by atoms with van der Waals surface area (Å²) >= 11 is 0. The molecule has 0 aliphatic heterocycles. The molecule has 0 spiro atoms. The van der Waals surface area contributed by atoms with Crippen molar-refractivity contribution in [1.29, 1.82) is 0 Å². The lowest BCUT2D eigenvalue weighted by Gasteiger charge is -2.20. The van der Waals surface area contributed by atoms with Gasteiger partial charge in [0.15, 0.2) is 0 Å². The van der Waals surface area contributed by atoms with Gasteiger partial charge in [-0.1, -0.05) is 63.0 Å². The number of aliphatic hydroxyl groups is 1. The molecular weight excluding hydrogens is 522 g/mol. The Labute approximate surface area is 249 Å². The van der Waals surface area contributed by atoms with Crippen LogP contribution in [-0.4, -0.2) is 27.9 Å². The first-order valence-electron chi connectivity index (χ1n) is 15.7. The lowest BCUT2D eigenvalue weighted by Crippen LogP contribution is -2.18. The van der Waals surface area contributed by atoms with E-state index in [2.05, 4.69) is 47.2 Å². The minimum absolute atomic E-state index is 0.293. The number of aliphatic hydroxyl groups excluding tert-OH is 1. The summed E-state index contributed by atoms with van der Waals surface area (Å²) in [5.41, 5.74) is 9.47. The highest BCUT2D eigenvalue weighted by Gasteiger charge is 2.28. The van der Waals surface area contributed by atoms with Gasteiger partial charge in [-0.3, -0.25) is 10.1 Å². The van der Waals surface area contributed by atoms with E-state index in [1.165, 1.54) is 42.4 Å². The largest absolute Gasteiger partial charge is 0.374 e. The van der Waals surface area contributed by atoms with E-state index in [1.54, 1.807) is 7.05 Å². The molecule has 220 valence electrons. The molecule has 2 aromatic carbocycles. The van der Waals surface area contributed by atoms with Crippen molar-refractivity contribution < 1.29 is 9.90 Å². The van der Waals surface area contributed by atoms with Crippen LogP contribution in [0.15, 0.2) is 36.4 Å². The number of nitrogens with zero attached hydrogens (tertiary/aromatic N) is 2. The number of rotatable bonds is 11. The fourth-order valence-corrected chi connectivity index (χ4v) is 7.14. The molecule has 6 rings (SSSR count). The molecule has 0 radical (unpaired) electrons. The quantitative estimate of drug-likeness (QED) is 0.183. The Morgan fingerprint density at radius 1 is 1.07 bits per heavy atom. The average molecular weight is 566 g/mol. The number of Topliss-reactive ketones (excluding diaryl/α,β-unsaturated/α-hetero) is 1. The summed E-state index contributed by atoms with van der Waals surface area (Å²) in [6.45, 7) is 4.17. The molecule has 0 amide bonds. The van der Waals surface area contributed by atoms with Gasteiger partial charge in [-0.15, -0.1) is 0 Å². The average Bonchev–Trinajstić information content (AvgIpc) is 3.75. The first-order chi connectivity index (χ1) is 20.4. The van der Waals surface area contributed by atoms with E-state index in [-0.39, 0.29) is 0 Å². The van der Waals surface area contributed by atoms with Crippen LogP contribution in [0.4, 0.5) is 23.1 Å². The number of ketones is 1. The van der Waals surface area contributed by atoms with Crippen LogP contribution in [0.3, 0.4) is 0 Å². The Morgan fingerprint density at radius 2 is 1.90 bits per heavy atom. The first kappa shape index (κ1) is 28.6. The SMILES string of the molecule is CCc1cc2c(cc1Nc1nc3c(c(Nc4cccc(C)c4C(O)NC)n1)C=CC3)C(CC(=O)CC1CCCC1)CC2. The second kappa shape index (κ2) is 12.4. The van der Waals surface area contributed by atoms with Crippen LogP contribution in [0, 0.1) is 12.8 Å². The van der Waals surface area contributed by atoms with Crippen molar-refractivity contribution in [3.8, 4) is 0 Å². The zero-order valence-electron chi connectivity index (χ0n) is 25.1. The third-order valence-electron chi connectivity index (χ3n) is 9.40. The summed E-state index contributed by atoms with van der Waals surface area (Å²) in [6.07, 6.45) is 13.5. The van der Waals surface area contributed by atoms with Crippen molar-refractivity contribution in [2.24, 2.45) is 5.92 Å². The minimum Gasteiger partial charge on any atom is -0.374 e. The maximum atomic E-state index is 13.0. The van der Waals surface area contributed by atoms with Crippen LogP contribution >= 0.6 is 0 Å². The van der Waals surface area contributed by atoms with E-state index in [0.717, 1.165) is 65.9 Å². The van der Waals surface area contributed by atoms with Crippen LogP contribution < -0.4 is 16.0 Å². The van der Waals surface area contributed by atoms with E-state index in [1.807, 2.05) is 25.1 Å². The predicted octanol–water partition coefficient (Wildman–Crippen LogP) is 7.18. The van der Waals surface area contributed by atoms with Crippen LogP contribution in [-0.2, 0) is 24.1 Å². The van der Waals surface area contributed by atoms with Crippen molar-refractivity contribution in [1.82, 2.24) is 15.3 Å². The summed E-state index contributed by atoms with van der Waals surface area (Å²) in [4.78, 5) is 22.8. The van der Waals surface area contributed by atoms with Crippen molar-refractivity contribution in [2.45, 2.75) is 90.2 Å². The number of benzene rings is 2. The van der Waals surface area contributed by atoms with Crippen molar-refractivity contribution in [2.75, 3.05) is 17.7 Å². The molecule has 2 unspecified atom stereocenters. The van der Waals surface area contributed by atoms with E-state index in [9.17, 15) is 9.90 Å². The second-order valence-corrected chi connectivity index (χ2v) is 12.2. The van der Waals surface area contributed by atoms with Gasteiger partial charge >= 0.3 is 0 Å². The number of hydrogen-bond donors (Lipinski definition) is 4. The molecular formula is C35H43N5O2. The number of nitrogens with one attached hydrogen (secondary N) is 3. The fourth-order valence-electron chi connectivity index (χ4n) is 7.14. The maximum absolute atomic E-state index is 13.0. The van der Waals surface area contributed by atoms with Gasteiger partial charge in [-0.05, 0) is 79.5 Å². The van der Waals surface area contributed by atoms with E-state index in [4.69, 9.17) is 9.97 Å². The molecule has 1 saturated carbocycles. The molecule has 1 heterocycles. The van der Waals surface area contributed by atoms with Gasteiger partial charge in [0.25, 0.3) is 0 Å². The number of fused-ring (bicyclic) bond motifs is 2. The second-order valence-electron chi connectivity index (χ2n) is 12.2. The number of aromatic nitrogens is 2. The van der Waals surface area contributed by atoms with E-state index < -0.39 is 6.23 Å². The molecule has 3 aromatic rings. The van der Waals surface area contributed by atoms with Gasteiger partial charge in [0, 0.05) is 41.8 Å². The van der Waals surface area contributed by atoms with Crippen molar-refractivity contribution >= 4 is 35.0 Å². The van der Waals surface area contributed by atoms with Gasteiger partial charge in [-0.2, -0.15) is 4.98 Å². The normalized spacial score (nSPS) is 18.2. The van der Waals surface area contributed by atoms with Crippen molar-refractivity contribution in [3.05, 3.63) is 75.5 Å². The number of aryl methyl sites for hydroxylation is 3. The number of carbonyl (C=O) groups excluding carboxylic acids is 1. The fraction of sp³-hybridized carbons (Fsp3) is 0.457. The number of hydrogen-bond acceptors (Lipinski definition) is 7. The monoisotopic (exact) mass is 565 g/mol. The molecule has 1 fully saturated rings. The summed E-state index contributed by atoms with van der Waals surface area (Å²) in [5, 5.41) is 20.7. The molecule has 4 N–H and O–H groups in total. The van der Waals surface area contributed by atoms with E-state index in [0.29, 0.717) is 35.8 Å². The molecule has 3 aliphatic rings. The van der Waals surface area contributed by atoms with Crippen LogP contribution in [0.25, 0.3) is 6.08 Å². The topological polar surface area (TPSA) is 99.2 Å². The minimum atomic E-state index is -0.798. The van der Waals surface area contributed by atoms with Gasteiger partial charge in [0.2, 0.25) is 5.95 Å². The highest BCUT2D eigenvalue weighted by Crippen LogP contribution is 2.41. The zero-order chi connectivity index (χ0) is 29.2. The number of allylic oxidation sites excluding steroid dienone is 1. The molecule has 7 heteroatoms. The summed E-state index contributed by atoms with van der Waals surface area (Å²) in [5.74, 6) is 2.58. The van der Waals surface area contributed by atoms with Gasteiger partial charge in [-0.25, -0.2) is 4.98 Å². The Hall–Kier alpha value is -3.55. The van der Waals surface area contributed by atoms with Crippen LogP contribution in [0.5, 0.6) is 0 Å².